The van der Waals surface area contributed by atoms with Crippen molar-refractivity contribution < 1.29 is 19.4 Å². The number of carbonyl (C=O) groups is 1. The van der Waals surface area contributed by atoms with Crippen molar-refractivity contribution in [3.05, 3.63) is 70.8 Å². The number of anilines is 4. The SMILES string of the molecule is Nc1nc(Nc2cnn(CCO)c2)nc(-c2cccc(N3CCc4cc(C5CC5)cc(F)c4C3=O)c2CO)n1. The Labute approximate surface area is 223 Å². The van der Waals surface area contributed by atoms with Crippen LogP contribution in [0.2, 0.25) is 0 Å². The average molecular weight is 531 g/mol. The highest BCUT2D eigenvalue weighted by Gasteiger charge is 2.33. The van der Waals surface area contributed by atoms with E-state index in [1.165, 1.54) is 11.0 Å². The van der Waals surface area contributed by atoms with Crippen molar-refractivity contribution in [3.8, 4) is 11.4 Å². The molecule has 0 saturated heterocycles. The Balaban J connectivity index is 1.33. The van der Waals surface area contributed by atoms with E-state index in [-0.39, 0.29) is 29.9 Å². The molecule has 200 valence electrons. The summed E-state index contributed by atoms with van der Waals surface area (Å²) in [5, 5.41) is 26.6. The number of aliphatic hydroxyl groups excluding tert-OH is 2. The van der Waals surface area contributed by atoms with E-state index in [1.807, 2.05) is 6.07 Å². The van der Waals surface area contributed by atoms with E-state index >= 15 is 4.39 Å². The van der Waals surface area contributed by atoms with Gasteiger partial charge in [-0.1, -0.05) is 18.2 Å². The lowest BCUT2D eigenvalue weighted by Crippen LogP contribution is -2.39. The number of hydrogen-bond acceptors (Lipinski definition) is 9. The van der Waals surface area contributed by atoms with Gasteiger partial charge in [-0.15, -0.1) is 0 Å². The van der Waals surface area contributed by atoms with Crippen LogP contribution in [0.3, 0.4) is 0 Å². The number of nitrogens with zero attached hydrogens (tertiary/aromatic N) is 6. The molecular formula is C27H27FN8O3. The van der Waals surface area contributed by atoms with Crippen LogP contribution in [0, 0.1) is 5.82 Å². The molecule has 39 heavy (non-hydrogen) atoms. The molecule has 0 unspecified atom stereocenters. The van der Waals surface area contributed by atoms with Gasteiger partial charge in [0.1, 0.15) is 5.82 Å². The lowest BCUT2D eigenvalue weighted by molar-refractivity contribution is 0.0976. The summed E-state index contributed by atoms with van der Waals surface area (Å²) in [6.45, 7) is 0.223. The van der Waals surface area contributed by atoms with Crippen LogP contribution in [0.4, 0.5) is 27.7 Å². The van der Waals surface area contributed by atoms with Crippen molar-refractivity contribution in [3.63, 3.8) is 0 Å². The van der Waals surface area contributed by atoms with Crippen LogP contribution in [-0.4, -0.2) is 54.0 Å². The van der Waals surface area contributed by atoms with Gasteiger partial charge >= 0.3 is 0 Å². The lowest BCUT2D eigenvalue weighted by Gasteiger charge is -2.31. The van der Waals surface area contributed by atoms with Gasteiger partial charge in [-0.2, -0.15) is 20.1 Å². The molecule has 2 aliphatic rings. The number of nitrogens with two attached hydrogens (primary N) is 1. The first kappa shape index (κ1) is 24.9. The van der Waals surface area contributed by atoms with Gasteiger partial charge in [0.25, 0.3) is 5.91 Å². The van der Waals surface area contributed by atoms with Gasteiger partial charge in [-0.05, 0) is 48.4 Å². The second-order valence-electron chi connectivity index (χ2n) is 9.66. The molecule has 0 bridgehead atoms. The highest BCUT2D eigenvalue weighted by Crippen LogP contribution is 2.42. The number of fused-ring (bicyclic) bond motifs is 1. The topological polar surface area (TPSA) is 155 Å². The van der Waals surface area contributed by atoms with Crippen molar-refractivity contribution in [2.45, 2.75) is 38.3 Å². The molecule has 5 N–H and O–H groups in total. The highest BCUT2D eigenvalue weighted by molar-refractivity contribution is 6.09. The molecule has 2 aromatic heterocycles. The molecule has 1 aliphatic heterocycles. The number of amides is 1. The molecule has 4 aromatic rings. The number of nitrogens with one attached hydrogen (secondary N) is 1. The van der Waals surface area contributed by atoms with Gasteiger partial charge < -0.3 is 26.2 Å². The fourth-order valence-electron chi connectivity index (χ4n) is 5.03. The summed E-state index contributed by atoms with van der Waals surface area (Å²) in [7, 11) is 0. The molecule has 1 aliphatic carbocycles. The van der Waals surface area contributed by atoms with Gasteiger partial charge in [0.2, 0.25) is 11.9 Å². The standard InChI is InChI=1S/C27H27FN8O3/c28-21-11-17(15-4-5-15)10-16-6-7-36(25(39)23(16)21)22-3-1-2-19(20(22)14-38)24-32-26(29)34-27(33-24)31-18-12-30-35(13-18)8-9-37/h1-3,10-13,15,37-38H,4-9,14H2,(H3,29,31,32,33,34). The Hall–Kier alpha value is -4.42. The summed E-state index contributed by atoms with van der Waals surface area (Å²) in [5.74, 6) is -0.249. The van der Waals surface area contributed by atoms with Crippen molar-refractivity contribution in [2.75, 3.05) is 29.1 Å². The third-order valence-electron chi connectivity index (χ3n) is 7.02. The van der Waals surface area contributed by atoms with Gasteiger partial charge in [0.05, 0.1) is 42.9 Å². The maximum atomic E-state index is 15.1. The molecule has 6 rings (SSSR count). The zero-order valence-electron chi connectivity index (χ0n) is 21.0. The summed E-state index contributed by atoms with van der Waals surface area (Å²) in [6, 6.07) is 8.61. The summed E-state index contributed by atoms with van der Waals surface area (Å²) < 4.78 is 16.7. The van der Waals surface area contributed by atoms with Gasteiger partial charge in [-0.25, -0.2) is 4.39 Å². The predicted molar refractivity (Wildman–Crippen MR) is 142 cm³/mol. The first-order valence-corrected chi connectivity index (χ1v) is 12.7. The van der Waals surface area contributed by atoms with Gasteiger partial charge in [0, 0.05) is 23.9 Å². The summed E-state index contributed by atoms with van der Waals surface area (Å²) in [6.07, 6.45) is 5.85. The molecule has 0 spiro atoms. The second-order valence-corrected chi connectivity index (χ2v) is 9.66. The molecule has 12 heteroatoms. The Bertz CT molecular complexity index is 1570. The Morgan fingerprint density at radius 2 is 2.00 bits per heavy atom. The van der Waals surface area contributed by atoms with E-state index in [0.717, 1.165) is 24.0 Å². The minimum atomic E-state index is -0.505. The molecule has 1 saturated carbocycles. The third-order valence-corrected chi connectivity index (χ3v) is 7.02. The number of carbonyl (C=O) groups excluding carboxylic acids is 1. The molecule has 3 heterocycles. The number of benzene rings is 2. The lowest BCUT2D eigenvalue weighted by atomic mass is 9.93. The van der Waals surface area contributed by atoms with E-state index in [1.54, 1.807) is 35.3 Å². The van der Waals surface area contributed by atoms with E-state index in [0.29, 0.717) is 47.9 Å². The Morgan fingerprint density at radius 1 is 1.15 bits per heavy atom. The number of halogens is 1. The fourth-order valence-corrected chi connectivity index (χ4v) is 5.03. The first-order valence-electron chi connectivity index (χ1n) is 12.7. The van der Waals surface area contributed by atoms with Crippen molar-refractivity contribution in [1.82, 2.24) is 24.7 Å². The van der Waals surface area contributed by atoms with Crippen LogP contribution in [0.1, 0.15) is 45.8 Å². The van der Waals surface area contributed by atoms with Crippen molar-refractivity contribution >= 4 is 29.2 Å². The fraction of sp³-hybridized carbons (Fsp3) is 0.296. The quantitative estimate of drug-likeness (QED) is 0.269. The molecule has 1 amide bonds. The second kappa shape index (κ2) is 10.0. The maximum absolute atomic E-state index is 15.1. The average Bonchev–Trinajstić information content (AvgIpc) is 3.68. The molecule has 0 radical (unpaired) electrons. The van der Waals surface area contributed by atoms with Crippen molar-refractivity contribution in [1.29, 1.82) is 0 Å². The molecular weight excluding hydrogens is 503 g/mol. The summed E-state index contributed by atoms with van der Waals surface area (Å²) in [4.78, 5) is 27.9. The minimum absolute atomic E-state index is 0.0453. The van der Waals surface area contributed by atoms with Crippen molar-refractivity contribution in [2.24, 2.45) is 0 Å². The number of hydrogen-bond donors (Lipinski definition) is 4. The summed E-state index contributed by atoms with van der Waals surface area (Å²) in [5.41, 5.74) is 9.66. The van der Waals surface area contributed by atoms with E-state index in [9.17, 15) is 9.90 Å². The van der Waals surface area contributed by atoms with Gasteiger partial charge in [0.15, 0.2) is 5.82 Å². The minimum Gasteiger partial charge on any atom is -0.394 e. The zero-order chi connectivity index (χ0) is 27.1. The van der Waals surface area contributed by atoms with Gasteiger partial charge in [-0.3, -0.25) is 9.48 Å². The Morgan fingerprint density at radius 3 is 2.77 bits per heavy atom. The maximum Gasteiger partial charge on any atom is 0.261 e. The van der Waals surface area contributed by atoms with E-state index in [2.05, 4.69) is 25.4 Å². The monoisotopic (exact) mass is 530 g/mol. The van der Waals surface area contributed by atoms with Crippen LogP contribution in [-0.2, 0) is 19.6 Å². The van der Waals surface area contributed by atoms with E-state index < -0.39 is 18.3 Å². The van der Waals surface area contributed by atoms with Crippen LogP contribution >= 0.6 is 0 Å². The number of nitrogen functional groups attached to an aromatic ring is 1. The third kappa shape index (κ3) is 4.79. The van der Waals surface area contributed by atoms with Crippen LogP contribution in [0.25, 0.3) is 11.4 Å². The number of aliphatic hydroxyl groups is 2. The smallest absolute Gasteiger partial charge is 0.261 e. The Kier molecular flexibility index (Phi) is 6.41. The predicted octanol–water partition coefficient (Wildman–Crippen LogP) is 2.76. The molecule has 0 atom stereocenters. The van der Waals surface area contributed by atoms with E-state index in [4.69, 9.17) is 10.8 Å². The van der Waals surface area contributed by atoms with Crippen LogP contribution in [0.5, 0.6) is 0 Å². The molecule has 1 fully saturated rings. The molecule has 2 aromatic carbocycles. The normalized spacial score (nSPS) is 14.9. The first-order chi connectivity index (χ1) is 18.9. The van der Waals surface area contributed by atoms with Crippen LogP contribution in [0.15, 0.2) is 42.7 Å². The number of rotatable bonds is 8. The van der Waals surface area contributed by atoms with Crippen LogP contribution < -0.4 is 16.0 Å². The number of aromatic nitrogens is 5. The summed E-state index contributed by atoms with van der Waals surface area (Å²) >= 11 is 0. The zero-order valence-corrected chi connectivity index (χ0v) is 21.0. The largest absolute Gasteiger partial charge is 0.394 e. The molecule has 11 nitrogen and oxygen atoms in total. The highest BCUT2D eigenvalue weighted by atomic mass is 19.1.